The molecule has 1 aromatic heterocycles. The third-order valence-corrected chi connectivity index (χ3v) is 3.66. The van der Waals surface area contributed by atoms with Gasteiger partial charge in [-0.15, -0.1) is 0 Å². The molecule has 1 fully saturated rings. The minimum Gasteiger partial charge on any atom is -0.465 e. The van der Waals surface area contributed by atoms with Crippen LogP contribution in [0.25, 0.3) is 0 Å². The molecular formula is C15H26N2O. The highest BCUT2D eigenvalue weighted by Crippen LogP contribution is 2.21. The minimum atomic E-state index is 0.498. The zero-order chi connectivity index (χ0) is 13.1. The highest BCUT2D eigenvalue weighted by molar-refractivity contribution is 5.21. The molecule has 102 valence electrons. The number of hydrogen-bond acceptors (Lipinski definition) is 3. The van der Waals surface area contributed by atoms with Crippen LogP contribution >= 0.6 is 0 Å². The molecule has 1 N–H and O–H groups in total. The summed E-state index contributed by atoms with van der Waals surface area (Å²) < 4.78 is 5.81. The summed E-state index contributed by atoms with van der Waals surface area (Å²) in [4.78, 5) is 2.53. The predicted octanol–water partition coefficient (Wildman–Crippen LogP) is 2.93. The first-order valence-corrected chi connectivity index (χ1v) is 7.08. The second-order valence-corrected chi connectivity index (χ2v) is 5.96. The Balaban J connectivity index is 1.92. The van der Waals surface area contributed by atoms with Gasteiger partial charge in [0.2, 0.25) is 0 Å². The molecule has 1 saturated heterocycles. The van der Waals surface area contributed by atoms with Crippen LogP contribution in [0, 0.1) is 12.8 Å². The van der Waals surface area contributed by atoms with Gasteiger partial charge in [-0.05, 0) is 31.9 Å². The highest BCUT2D eigenvalue weighted by Gasteiger charge is 2.20. The maximum Gasteiger partial charge on any atom is 0.118 e. The summed E-state index contributed by atoms with van der Waals surface area (Å²) in [6.07, 6.45) is 1.33. The molecule has 1 aliphatic heterocycles. The van der Waals surface area contributed by atoms with Crippen LogP contribution in [0.4, 0.5) is 0 Å². The van der Waals surface area contributed by atoms with E-state index in [1.54, 1.807) is 0 Å². The van der Waals surface area contributed by atoms with E-state index >= 15 is 0 Å². The molecule has 0 radical (unpaired) electrons. The Morgan fingerprint density at radius 3 is 2.89 bits per heavy atom. The van der Waals surface area contributed by atoms with E-state index in [1.165, 1.54) is 25.1 Å². The molecule has 0 spiro atoms. The Morgan fingerprint density at radius 2 is 2.28 bits per heavy atom. The number of aryl methyl sites for hydroxylation is 1. The van der Waals surface area contributed by atoms with E-state index in [4.69, 9.17) is 4.42 Å². The average Bonchev–Trinajstić information content (AvgIpc) is 2.84. The predicted molar refractivity (Wildman–Crippen MR) is 74.5 cm³/mol. The third kappa shape index (κ3) is 3.59. The molecule has 3 heteroatoms. The van der Waals surface area contributed by atoms with Crippen molar-refractivity contribution in [1.29, 1.82) is 0 Å². The van der Waals surface area contributed by atoms with Gasteiger partial charge in [0.1, 0.15) is 11.5 Å². The lowest BCUT2D eigenvalue weighted by atomic mass is 10.2. The summed E-state index contributed by atoms with van der Waals surface area (Å²) in [7, 11) is 0. The van der Waals surface area contributed by atoms with Crippen molar-refractivity contribution in [3.8, 4) is 0 Å². The lowest BCUT2D eigenvalue weighted by Crippen LogP contribution is -2.21. The molecular weight excluding hydrogens is 224 g/mol. The van der Waals surface area contributed by atoms with E-state index in [1.807, 2.05) is 0 Å². The van der Waals surface area contributed by atoms with Crippen molar-refractivity contribution in [1.82, 2.24) is 10.2 Å². The SMILES string of the molecule is Cc1oc(CNC(C)C)cc1CN1CCC(C)C1. The maximum atomic E-state index is 5.81. The zero-order valence-corrected chi connectivity index (χ0v) is 12.1. The van der Waals surface area contributed by atoms with Crippen molar-refractivity contribution in [3.05, 3.63) is 23.2 Å². The van der Waals surface area contributed by atoms with Gasteiger partial charge in [0, 0.05) is 24.7 Å². The fourth-order valence-electron chi connectivity index (χ4n) is 2.55. The number of rotatable bonds is 5. The largest absolute Gasteiger partial charge is 0.465 e. The monoisotopic (exact) mass is 250 g/mol. The molecule has 18 heavy (non-hydrogen) atoms. The molecule has 0 aliphatic carbocycles. The maximum absolute atomic E-state index is 5.81. The van der Waals surface area contributed by atoms with E-state index in [-0.39, 0.29) is 0 Å². The average molecular weight is 250 g/mol. The van der Waals surface area contributed by atoms with Crippen LogP contribution in [-0.4, -0.2) is 24.0 Å². The second-order valence-electron chi connectivity index (χ2n) is 5.96. The van der Waals surface area contributed by atoms with Crippen LogP contribution in [-0.2, 0) is 13.1 Å². The molecule has 2 rings (SSSR count). The molecule has 0 saturated carbocycles. The van der Waals surface area contributed by atoms with Crippen molar-refractivity contribution < 1.29 is 4.42 Å². The van der Waals surface area contributed by atoms with Crippen molar-refractivity contribution >= 4 is 0 Å². The number of hydrogen-bond donors (Lipinski definition) is 1. The Bertz CT molecular complexity index is 384. The van der Waals surface area contributed by atoms with Gasteiger partial charge in [0.15, 0.2) is 0 Å². The summed E-state index contributed by atoms with van der Waals surface area (Å²) >= 11 is 0. The number of likely N-dealkylation sites (tertiary alicyclic amines) is 1. The molecule has 0 amide bonds. The van der Waals surface area contributed by atoms with Gasteiger partial charge in [-0.2, -0.15) is 0 Å². The van der Waals surface area contributed by atoms with Gasteiger partial charge in [0.25, 0.3) is 0 Å². The van der Waals surface area contributed by atoms with Gasteiger partial charge in [0.05, 0.1) is 6.54 Å². The fraction of sp³-hybridized carbons (Fsp3) is 0.733. The first-order valence-electron chi connectivity index (χ1n) is 7.08. The van der Waals surface area contributed by atoms with Gasteiger partial charge in [-0.3, -0.25) is 4.90 Å². The second kappa shape index (κ2) is 5.89. The van der Waals surface area contributed by atoms with Crippen LogP contribution in [0.3, 0.4) is 0 Å². The van der Waals surface area contributed by atoms with Crippen LogP contribution in [0.2, 0.25) is 0 Å². The van der Waals surface area contributed by atoms with E-state index < -0.39 is 0 Å². The number of nitrogens with one attached hydrogen (secondary N) is 1. The van der Waals surface area contributed by atoms with E-state index in [9.17, 15) is 0 Å². The molecule has 0 bridgehead atoms. The molecule has 1 unspecified atom stereocenters. The van der Waals surface area contributed by atoms with E-state index in [2.05, 4.69) is 44.0 Å². The van der Waals surface area contributed by atoms with Gasteiger partial charge in [-0.25, -0.2) is 0 Å². The van der Waals surface area contributed by atoms with Crippen molar-refractivity contribution in [2.75, 3.05) is 13.1 Å². The highest BCUT2D eigenvalue weighted by atomic mass is 16.3. The first-order chi connectivity index (χ1) is 8.54. The normalized spacial score (nSPS) is 21.1. The van der Waals surface area contributed by atoms with E-state index in [0.29, 0.717) is 6.04 Å². The molecule has 1 aromatic rings. The Morgan fingerprint density at radius 1 is 1.50 bits per heavy atom. The van der Waals surface area contributed by atoms with Crippen molar-refractivity contribution in [3.63, 3.8) is 0 Å². The van der Waals surface area contributed by atoms with Gasteiger partial charge in [-0.1, -0.05) is 20.8 Å². The smallest absolute Gasteiger partial charge is 0.118 e. The number of nitrogens with zero attached hydrogens (tertiary/aromatic N) is 1. The Kier molecular flexibility index (Phi) is 4.46. The van der Waals surface area contributed by atoms with Gasteiger partial charge < -0.3 is 9.73 Å². The summed E-state index contributed by atoms with van der Waals surface area (Å²) in [5.74, 6) is 2.98. The lowest BCUT2D eigenvalue weighted by Gasteiger charge is -2.14. The molecule has 2 heterocycles. The zero-order valence-electron chi connectivity index (χ0n) is 12.1. The summed E-state index contributed by atoms with van der Waals surface area (Å²) in [5, 5.41) is 3.40. The summed E-state index contributed by atoms with van der Waals surface area (Å²) in [6.45, 7) is 13.0. The van der Waals surface area contributed by atoms with Crippen LogP contribution in [0.1, 0.15) is 44.3 Å². The minimum absolute atomic E-state index is 0.498. The van der Waals surface area contributed by atoms with Crippen molar-refractivity contribution in [2.24, 2.45) is 5.92 Å². The quantitative estimate of drug-likeness (QED) is 0.871. The van der Waals surface area contributed by atoms with E-state index in [0.717, 1.165) is 30.5 Å². The molecule has 3 nitrogen and oxygen atoms in total. The number of furan rings is 1. The molecule has 0 aromatic carbocycles. The standard InChI is InChI=1S/C15H26N2O/c1-11(2)16-8-15-7-14(13(4)18-15)10-17-6-5-12(3)9-17/h7,11-12,16H,5-6,8-10H2,1-4H3. The summed E-state index contributed by atoms with van der Waals surface area (Å²) in [6, 6.07) is 2.71. The van der Waals surface area contributed by atoms with Gasteiger partial charge >= 0.3 is 0 Å². The topological polar surface area (TPSA) is 28.4 Å². The Hall–Kier alpha value is -0.800. The first kappa shape index (κ1) is 13.6. The van der Waals surface area contributed by atoms with Crippen LogP contribution < -0.4 is 5.32 Å². The molecule has 1 atom stereocenters. The van der Waals surface area contributed by atoms with Crippen LogP contribution in [0.15, 0.2) is 10.5 Å². The fourth-order valence-corrected chi connectivity index (χ4v) is 2.55. The summed E-state index contributed by atoms with van der Waals surface area (Å²) in [5.41, 5.74) is 1.35. The third-order valence-electron chi connectivity index (χ3n) is 3.66. The molecule has 1 aliphatic rings. The Labute approximate surface area is 111 Å². The lowest BCUT2D eigenvalue weighted by molar-refractivity contribution is 0.317. The van der Waals surface area contributed by atoms with Crippen molar-refractivity contribution in [2.45, 2.75) is 53.2 Å². The van der Waals surface area contributed by atoms with Crippen LogP contribution in [0.5, 0.6) is 0 Å².